The highest BCUT2D eigenvalue weighted by molar-refractivity contribution is 7.87. The summed E-state index contributed by atoms with van der Waals surface area (Å²) in [6.45, 7) is 0. The summed E-state index contributed by atoms with van der Waals surface area (Å²) < 4.78 is 29.5. The van der Waals surface area contributed by atoms with Crippen LogP contribution < -0.4 is 14.9 Å². The third kappa shape index (κ3) is 5.63. The zero-order valence-corrected chi connectivity index (χ0v) is 16.3. The molecule has 28 heavy (non-hydrogen) atoms. The van der Waals surface area contributed by atoms with E-state index in [0.29, 0.717) is 5.11 Å². The number of para-hydroxylation sites is 1. The van der Waals surface area contributed by atoms with Crippen LogP contribution in [-0.2, 0) is 10.1 Å². The van der Waals surface area contributed by atoms with Crippen molar-refractivity contribution in [2.45, 2.75) is 4.90 Å². The number of anilines is 1. The summed E-state index contributed by atoms with van der Waals surface area (Å²) in [4.78, 5) is 0.101. The van der Waals surface area contributed by atoms with E-state index in [9.17, 15) is 8.42 Å². The summed E-state index contributed by atoms with van der Waals surface area (Å²) in [5, 5.41) is 7.41. The maximum Gasteiger partial charge on any atom is 0.339 e. The number of thiocarbonyl (C=S) groups is 1. The van der Waals surface area contributed by atoms with Crippen LogP contribution in [0.2, 0.25) is 0 Å². The predicted octanol–water partition coefficient (Wildman–Crippen LogP) is 3.77. The molecule has 0 amide bonds. The second-order valence-electron chi connectivity index (χ2n) is 5.61. The molecule has 3 aromatic rings. The van der Waals surface area contributed by atoms with Crippen molar-refractivity contribution >= 4 is 39.4 Å². The van der Waals surface area contributed by atoms with Crippen molar-refractivity contribution < 1.29 is 12.6 Å². The first-order chi connectivity index (χ1) is 13.5. The molecule has 0 bridgehead atoms. The lowest BCUT2D eigenvalue weighted by Crippen LogP contribution is -2.23. The Kier molecular flexibility index (Phi) is 6.36. The van der Waals surface area contributed by atoms with Gasteiger partial charge in [0.2, 0.25) is 0 Å². The van der Waals surface area contributed by atoms with Crippen LogP contribution in [-0.4, -0.2) is 19.7 Å². The Bertz CT molecular complexity index is 1050. The van der Waals surface area contributed by atoms with Crippen molar-refractivity contribution in [1.82, 2.24) is 5.43 Å². The van der Waals surface area contributed by atoms with Gasteiger partial charge in [-0.15, -0.1) is 0 Å². The summed E-state index contributed by atoms with van der Waals surface area (Å²) >= 11 is 5.16. The maximum atomic E-state index is 12.2. The molecule has 0 spiro atoms. The minimum absolute atomic E-state index is 0.101. The monoisotopic (exact) mass is 411 g/mol. The standard InChI is InChI=1S/C20H17N3O3S2/c24-28(25,19-9-5-2-6-10-19)26-18-13-11-16(12-14-18)15-21-23-20(27)22-17-7-3-1-4-8-17/h1-15H,(H2,22,23,27). The summed E-state index contributed by atoms with van der Waals surface area (Å²) in [5.41, 5.74) is 4.32. The summed E-state index contributed by atoms with van der Waals surface area (Å²) in [6, 6.07) is 24.0. The Morgan fingerprint density at radius 3 is 2.14 bits per heavy atom. The van der Waals surface area contributed by atoms with Crippen LogP contribution >= 0.6 is 12.2 Å². The number of nitrogens with zero attached hydrogens (tertiary/aromatic N) is 1. The van der Waals surface area contributed by atoms with Crippen LogP contribution in [0.15, 0.2) is 94.9 Å². The van der Waals surface area contributed by atoms with E-state index in [1.54, 1.807) is 48.7 Å². The maximum absolute atomic E-state index is 12.2. The molecule has 0 aliphatic heterocycles. The van der Waals surface area contributed by atoms with Gasteiger partial charge in [-0.3, -0.25) is 5.43 Å². The second kappa shape index (κ2) is 9.12. The molecule has 0 saturated heterocycles. The number of hydrazone groups is 1. The van der Waals surface area contributed by atoms with Gasteiger partial charge < -0.3 is 9.50 Å². The third-order valence-corrected chi connectivity index (χ3v) is 4.98. The largest absolute Gasteiger partial charge is 0.379 e. The van der Waals surface area contributed by atoms with E-state index in [1.807, 2.05) is 30.3 Å². The van der Waals surface area contributed by atoms with E-state index < -0.39 is 10.1 Å². The molecule has 0 unspecified atom stereocenters. The molecule has 8 heteroatoms. The number of hydrogen-bond donors (Lipinski definition) is 2. The van der Waals surface area contributed by atoms with Gasteiger partial charge in [-0.25, -0.2) is 0 Å². The SMILES string of the molecule is O=S(=O)(Oc1ccc(C=NNC(=S)Nc2ccccc2)cc1)c1ccccc1. The fraction of sp³-hybridized carbons (Fsp3) is 0. The molecule has 0 radical (unpaired) electrons. The average molecular weight is 412 g/mol. The lowest BCUT2D eigenvalue weighted by atomic mass is 10.2. The Morgan fingerprint density at radius 2 is 1.50 bits per heavy atom. The first-order valence-corrected chi connectivity index (χ1v) is 10.1. The summed E-state index contributed by atoms with van der Waals surface area (Å²) in [5.74, 6) is 0.218. The van der Waals surface area contributed by atoms with E-state index in [1.165, 1.54) is 12.1 Å². The van der Waals surface area contributed by atoms with Gasteiger partial charge >= 0.3 is 10.1 Å². The van der Waals surface area contributed by atoms with Gasteiger partial charge in [0.15, 0.2) is 5.11 Å². The highest BCUT2D eigenvalue weighted by atomic mass is 32.2. The van der Waals surface area contributed by atoms with E-state index in [4.69, 9.17) is 16.4 Å². The van der Waals surface area contributed by atoms with E-state index in [-0.39, 0.29) is 10.6 Å². The molecule has 0 atom stereocenters. The van der Waals surface area contributed by atoms with Gasteiger partial charge in [-0.1, -0.05) is 36.4 Å². The highest BCUT2D eigenvalue weighted by Crippen LogP contribution is 2.18. The highest BCUT2D eigenvalue weighted by Gasteiger charge is 2.15. The quantitative estimate of drug-likeness (QED) is 0.278. The van der Waals surface area contributed by atoms with Crippen LogP contribution in [0.1, 0.15) is 5.56 Å². The van der Waals surface area contributed by atoms with Crippen molar-refractivity contribution in [3.8, 4) is 5.75 Å². The van der Waals surface area contributed by atoms with Gasteiger partial charge in [0.25, 0.3) is 0 Å². The fourth-order valence-electron chi connectivity index (χ4n) is 2.22. The molecule has 3 aromatic carbocycles. The lowest BCUT2D eigenvalue weighted by molar-refractivity contribution is 0.486. The van der Waals surface area contributed by atoms with Crippen molar-refractivity contribution in [1.29, 1.82) is 0 Å². The molecular weight excluding hydrogens is 394 g/mol. The smallest absolute Gasteiger partial charge is 0.339 e. The minimum atomic E-state index is -3.86. The minimum Gasteiger partial charge on any atom is -0.379 e. The van der Waals surface area contributed by atoms with Crippen LogP contribution in [0.3, 0.4) is 0 Å². The molecule has 2 N–H and O–H groups in total. The van der Waals surface area contributed by atoms with Crippen LogP contribution in [0, 0.1) is 0 Å². The third-order valence-electron chi connectivity index (χ3n) is 3.53. The molecule has 0 saturated carbocycles. The molecule has 6 nitrogen and oxygen atoms in total. The van der Waals surface area contributed by atoms with E-state index >= 15 is 0 Å². The Morgan fingerprint density at radius 1 is 0.893 bits per heavy atom. The molecule has 0 heterocycles. The van der Waals surface area contributed by atoms with Gasteiger partial charge in [-0.2, -0.15) is 13.5 Å². The molecular formula is C20H17N3O3S2. The molecule has 142 valence electrons. The van der Waals surface area contributed by atoms with Crippen LogP contribution in [0.25, 0.3) is 0 Å². The molecule has 0 fully saturated rings. The molecule has 0 aromatic heterocycles. The van der Waals surface area contributed by atoms with Gasteiger partial charge in [0, 0.05) is 5.69 Å². The lowest BCUT2D eigenvalue weighted by Gasteiger charge is -2.07. The fourth-order valence-corrected chi connectivity index (χ4v) is 3.34. The van der Waals surface area contributed by atoms with E-state index in [2.05, 4.69) is 15.8 Å². The Labute approximate surface area is 169 Å². The Hall–Kier alpha value is -3.23. The predicted molar refractivity (Wildman–Crippen MR) is 114 cm³/mol. The molecule has 0 aliphatic rings. The first-order valence-electron chi connectivity index (χ1n) is 8.28. The van der Waals surface area contributed by atoms with Gasteiger partial charge in [0.05, 0.1) is 6.21 Å². The first kappa shape index (κ1) is 19.5. The van der Waals surface area contributed by atoms with Gasteiger partial charge in [-0.05, 0) is 66.3 Å². The zero-order chi connectivity index (χ0) is 19.8. The average Bonchev–Trinajstić information content (AvgIpc) is 2.70. The summed E-state index contributed by atoms with van der Waals surface area (Å²) in [7, 11) is -3.86. The van der Waals surface area contributed by atoms with Crippen molar-refractivity contribution in [2.75, 3.05) is 5.32 Å². The number of hydrogen-bond acceptors (Lipinski definition) is 5. The van der Waals surface area contributed by atoms with Crippen LogP contribution in [0.4, 0.5) is 5.69 Å². The van der Waals surface area contributed by atoms with Crippen molar-refractivity contribution in [3.63, 3.8) is 0 Å². The zero-order valence-electron chi connectivity index (χ0n) is 14.6. The number of nitrogens with one attached hydrogen (secondary N) is 2. The second-order valence-corrected chi connectivity index (χ2v) is 7.56. The number of rotatable bonds is 6. The van der Waals surface area contributed by atoms with E-state index in [0.717, 1.165) is 11.3 Å². The van der Waals surface area contributed by atoms with Crippen molar-refractivity contribution in [3.05, 3.63) is 90.5 Å². The molecule has 3 rings (SSSR count). The van der Waals surface area contributed by atoms with Crippen molar-refractivity contribution in [2.24, 2.45) is 5.10 Å². The topological polar surface area (TPSA) is 79.8 Å². The number of benzene rings is 3. The Balaban J connectivity index is 1.55. The normalized spacial score (nSPS) is 11.1. The summed E-state index contributed by atoms with van der Waals surface area (Å²) in [6.07, 6.45) is 1.56. The molecule has 0 aliphatic carbocycles. The van der Waals surface area contributed by atoms with Crippen LogP contribution in [0.5, 0.6) is 5.75 Å². The van der Waals surface area contributed by atoms with Gasteiger partial charge in [0.1, 0.15) is 10.6 Å².